The van der Waals surface area contributed by atoms with Crippen LogP contribution in [0.2, 0.25) is 0 Å². The molecule has 134 valence electrons. The summed E-state index contributed by atoms with van der Waals surface area (Å²) in [6.07, 6.45) is 1.62. The lowest BCUT2D eigenvalue weighted by molar-refractivity contribution is -0.137. The summed E-state index contributed by atoms with van der Waals surface area (Å²) in [5.41, 5.74) is 3.38. The summed E-state index contributed by atoms with van der Waals surface area (Å²) < 4.78 is 0. The predicted octanol–water partition coefficient (Wildman–Crippen LogP) is 2.62. The van der Waals surface area contributed by atoms with E-state index in [0.717, 1.165) is 16.8 Å². The van der Waals surface area contributed by atoms with E-state index in [4.69, 9.17) is 5.11 Å². The number of amides is 2. The largest absolute Gasteiger partial charge is 0.481 e. The van der Waals surface area contributed by atoms with Crippen LogP contribution in [0.25, 0.3) is 0 Å². The highest BCUT2D eigenvalue weighted by Crippen LogP contribution is 2.27. The zero-order chi connectivity index (χ0) is 18.5. The second-order valence-corrected chi connectivity index (χ2v) is 6.25. The zero-order valence-corrected chi connectivity index (χ0v) is 14.3. The van der Waals surface area contributed by atoms with Gasteiger partial charge in [0.05, 0.1) is 0 Å². The van der Waals surface area contributed by atoms with E-state index < -0.39 is 5.97 Å². The summed E-state index contributed by atoms with van der Waals surface area (Å²) in [5, 5.41) is 11.5. The average molecular weight is 352 g/mol. The summed E-state index contributed by atoms with van der Waals surface area (Å²) in [5.74, 6) is -1.16. The van der Waals surface area contributed by atoms with Gasteiger partial charge in [-0.15, -0.1) is 0 Å². The van der Waals surface area contributed by atoms with Crippen LogP contribution in [0.3, 0.4) is 0 Å². The molecule has 0 bridgehead atoms. The molecule has 0 radical (unpaired) electrons. The van der Waals surface area contributed by atoms with Crippen molar-refractivity contribution >= 4 is 29.2 Å². The molecule has 0 spiro atoms. The van der Waals surface area contributed by atoms with Crippen molar-refractivity contribution in [3.63, 3.8) is 0 Å². The highest BCUT2D eigenvalue weighted by atomic mass is 16.4. The van der Waals surface area contributed by atoms with Gasteiger partial charge in [0, 0.05) is 24.2 Å². The van der Waals surface area contributed by atoms with Crippen molar-refractivity contribution in [3.05, 3.63) is 59.7 Å². The lowest BCUT2D eigenvalue weighted by Crippen LogP contribution is -2.40. The second kappa shape index (κ2) is 7.82. The van der Waals surface area contributed by atoms with Gasteiger partial charge in [-0.2, -0.15) is 0 Å². The number of aliphatic carboxylic acids is 1. The molecule has 6 nitrogen and oxygen atoms in total. The fraction of sp³-hybridized carbons (Fsp3) is 0.250. The molecule has 2 aromatic rings. The first-order valence-corrected chi connectivity index (χ1v) is 8.52. The fourth-order valence-electron chi connectivity index (χ4n) is 3.02. The molecular formula is C20H20N2O4. The number of anilines is 2. The highest BCUT2D eigenvalue weighted by Gasteiger charge is 2.25. The van der Waals surface area contributed by atoms with Gasteiger partial charge in [-0.05, 0) is 42.2 Å². The number of hydrogen-bond donors (Lipinski definition) is 2. The third kappa shape index (κ3) is 4.27. The minimum Gasteiger partial charge on any atom is -0.481 e. The van der Waals surface area contributed by atoms with E-state index in [9.17, 15) is 14.4 Å². The van der Waals surface area contributed by atoms with Crippen molar-refractivity contribution in [1.29, 1.82) is 0 Å². The van der Waals surface area contributed by atoms with Crippen LogP contribution in [0.4, 0.5) is 11.4 Å². The lowest BCUT2D eigenvalue weighted by atomic mass is 10.0. The van der Waals surface area contributed by atoms with Crippen LogP contribution in [0, 0.1) is 0 Å². The van der Waals surface area contributed by atoms with Gasteiger partial charge in [-0.25, -0.2) is 0 Å². The summed E-state index contributed by atoms with van der Waals surface area (Å²) in [6.45, 7) is -0.0311. The number of nitrogens with zero attached hydrogens (tertiary/aromatic N) is 1. The number of carbonyl (C=O) groups is 3. The van der Waals surface area contributed by atoms with Crippen LogP contribution in [0.1, 0.15) is 24.0 Å². The molecular weight excluding hydrogens is 332 g/mol. The summed E-state index contributed by atoms with van der Waals surface area (Å²) in [7, 11) is 0. The van der Waals surface area contributed by atoms with Crippen molar-refractivity contribution < 1.29 is 19.5 Å². The van der Waals surface area contributed by atoms with Crippen molar-refractivity contribution in [2.45, 2.75) is 25.7 Å². The van der Waals surface area contributed by atoms with Crippen LogP contribution in [-0.2, 0) is 27.2 Å². The molecule has 0 aliphatic carbocycles. The molecule has 6 heteroatoms. The van der Waals surface area contributed by atoms with Crippen LogP contribution in [0.5, 0.6) is 0 Å². The minimum absolute atomic E-state index is 0.0311. The Labute approximate surface area is 151 Å². The van der Waals surface area contributed by atoms with Gasteiger partial charge in [-0.1, -0.05) is 30.3 Å². The van der Waals surface area contributed by atoms with E-state index in [-0.39, 0.29) is 24.8 Å². The topological polar surface area (TPSA) is 86.7 Å². The normalized spacial score (nSPS) is 13.2. The Bertz CT molecular complexity index is 830. The van der Waals surface area contributed by atoms with Gasteiger partial charge < -0.3 is 15.3 Å². The number of carbonyl (C=O) groups excluding carboxylic acids is 2. The number of aryl methyl sites for hydroxylation is 2. The summed E-state index contributed by atoms with van der Waals surface area (Å²) >= 11 is 0. The van der Waals surface area contributed by atoms with Crippen molar-refractivity contribution in [2.24, 2.45) is 0 Å². The van der Waals surface area contributed by atoms with E-state index in [1.807, 2.05) is 24.3 Å². The molecule has 2 N–H and O–H groups in total. The van der Waals surface area contributed by atoms with E-state index >= 15 is 0 Å². The molecule has 3 rings (SSSR count). The van der Waals surface area contributed by atoms with Crippen molar-refractivity contribution in [1.82, 2.24) is 0 Å². The van der Waals surface area contributed by atoms with Crippen LogP contribution >= 0.6 is 0 Å². The van der Waals surface area contributed by atoms with E-state index in [2.05, 4.69) is 5.32 Å². The van der Waals surface area contributed by atoms with Gasteiger partial charge in [0.1, 0.15) is 6.54 Å². The Morgan fingerprint density at radius 2 is 1.77 bits per heavy atom. The molecule has 1 heterocycles. The predicted molar refractivity (Wildman–Crippen MR) is 98.1 cm³/mol. The first-order valence-electron chi connectivity index (χ1n) is 8.52. The van der Waals surface area contributed by atoms with Crippen LogP contribution < -0.4 is 10.2 Å². The Morgan fingerprint density at radius 1 is 1.04 bits per heavy atom. The van der Waals surface area contributed by atoms with E-state index in [0.29, 0.717) is 24.9 Å². The number of hydrogen-bond acceptors (Lipinski definition) is 3. The maximum Gasteiger partial charge on any atom is 0.303 e. The van der Waals surface area contributed by atoms with Gasteiger partial charge in [0.15, 0.2) is 0 Å². The Hall–Kier alpha value is -3.15. The highest BCUT2D eigenvalue weighted by molar-refractivity contribution is 6.04. The first-order chi connectivity index (χ1) is 12.5. The Morgan fingerprint density at radius 3 is 2.50 bits per heavy atom. The number of rotatable bonds is 6. The van der Waals surface area contributed by atoms with Crippen LogP contribution in [-0.4, -0.2) is 29.4 Å². The second-order valence-electron chi connectivity index (χ2n) is 6.25. The Kier molecular flexibility index (Phi) is 5.31. The molecule has 0 aromatic heterocycles. The standard InChI is InChI=1S/C20H20N2O4/c23-18(21-16-9-5-14(6-10-16)7-12-20(25)26)13-22-17-4-2-1-3-15(17)8-11-19(22)24/h1-6,9-10H,7-8,11-13H2,(H,21,23)(H,25,26). The van der Waals surface area contributed by atoms with Crippen molar-refractivity contribution in [2.75, 3.05) is 16.8 Å². The minimum atomic E-state index is -0.839. The molecule has 2 amide bonds. The van der Waals surface area contributed by atoms with Crippen molar-refractivity contribution in [3.8, 4) is 0 Å². The average Bonchev–Trinajstić information content (AvgIpc) is 2.63. The molecule has 0 atom stereocenters. The number of nitrogens with one attached hydrogen (secondary N) is 1. The van der Waals surface area contributed by atoms with Gasteiger partial charge in [-0.3, -0.25) is 14.4 Å². The molecule has 2 aromatic carbocycles. The third-order valence-corrected chi connectivity index (χ3v) is 4.36. The number of para-hydroxylation sites is 1. The molecule has 0 unspecified atom stereocenters. The molecule has 0 saturated heterocycles. The molecule has 0 fully saturated rings. The van der Waals surface area contributed by atoms with E-state index in [1.165, 1.54) is 4.90 Å². The zero-order valence-electron chi connectivity index (χ0n) is 14.3. The maximum atomic E-state index is 12.4. The third-order valence-electron chi connectivity index (χ3n) is 4.36. The number of carboxylic acids is 1. The summed E-state index contributed by atoms with van der Waals surface area (Å²) in [4.78, 5) is 36.7. The molecule has 1 aliphatic heterocycles. The quantitative estimate of drug-likeness (QED) is 0.837. The monoisotopic (exact) mass is 352 g/mol. The molecule has 0 saturated carbocycles. The van der Waals surface area contributed by atoms with E-state index in [1.54, 1.807) is 24.3 Å². The number of benzene rings is 2. The fourth-order valence-corrected chi connectivity index (χ4v) is 3.02. The number of fused-ring (bicyclic) bond motifs is 1. The van der Waals surface area contributed by atoms with Crippen LogP contribution in [0.15, 0.2) is 48.5 Å². The van der Waals surface area contributed by atoms with Gasteiger partial charge >= 0.3 is 5.97 Å². The maximum absolute atomic E-state index is 12.4. The van der Waals surface area contributed by atoms with Gasteiger partial charge in [0.25, 0.3) is 0 Å². The van der Waals surface area contributed by atoms with Gasteiger partial charge in [0.2, 0.25) is 11.8 Å². The SMILES string of the molecule is O=C(O)CCc1ccc(NC(=O)CN2C(=O)CCc3ccccc32)cc1. The number of carboxylic acid groups (broad SMARTS) is 1. The smallest absolute Gasteiger partial charge is 0.303 e. The first kappa shape index (κ1) is 17.7. The lowest BCUT2D eigenvalue weighted by Gasteiger charge is -2.28. The Balaban J connectivity index is 1.62. The summed E-state index contributed by atoms with van der Waals surface area (Å²) in [6, 6.07) is 14.7. The molecule has 1 aliphatic rings. The molecule has 26 heavy (non-hydrogen) atoms.